The van der Waals surface area contributed by atoms with Crippen LogP contribution in [0.4, 0.5) is 0 Å². The number of aldehydes is 1. The van der Waals surface area contributed by atoms with E-state index in [-0.39, 0.29) is 6.61 Å². The molecule has 0 aromatic rings. The van der Waals surface area contributed by atoms with E-state index >= 15 is 0 Å². The number of rotatable bonds is 10. The molecule has 0 radical (unpaired) electrons. The molecule has 1 unspecified atom stereocenters. The van der Waals surface area contributed by atoms with Crippen molar-refractivity contribution in [2.24, 2.45) is 0 Å². The van der Waals surface area contributed by atoms with Gasteiger partial charge in [-0.3, -0.25) is 0 Å². The molecule has 0 fully saturated rings. The first-order chi connectivity index (χ1) is 6.81. The molecule has 0 saturated carbocycles. The van der Waals surface area contributed by atoms with Crippen LogP contribution in [0.1, 0.15) is 20.3 Å². The van der Waals surface area contributed by atoms with Crippen molar-refractivity contribution in [1.29, 1.82) is 0 Å². The zero-order chi connectivity index (χ0) is 10.6. The van der Waals surface area contributed by atoms with Crippen LogP contribution in [0.25, 0.3) is 0 Å². The lowest BCUT2D eigenvalue weighted by molar-refractivity contribution is -0.112. The van der Waals surface area contributed by atoms with Gasteiger partial charge in [0.25, 0.3) is 0 Å². The average Bonchev–Trinajstić information content (AvgIpc) is 2.21. The van der Waals surface area contributed by atoms with E-state index in [9.17, 15) is 4.79 Å². The van der Waals surface area contributed by atoms with Gasteiger partial charge in [0, 0.05) is 12.6 Å². The molecular weight excluding hydrogens is 182 g/mol. The summed E-state index contributed by atoms with van der Waals surface area (Å²) < 4.78 is 10.2. The van der Waals surface area contributed by atoms with E-state index in [0.29, 0.717) is 25.9 Å². The molecule has 4 nitrogen and oxygen atoms in total. The average molecular weight is 203 g/mol. The summed E-state index contributed by atoms with van der Waals surface area (Å²) in [7, 11) is 0. The summed E-state index contributed by atoms with van der Waals surface area (Å²) in [5, 5.41) is 3.31. The minimum absolute atomic E-state index is 0.161. The van der Waals surface area contributed by atoms with Gasteiger partial charge in [-0.15, -0.1) is 0 Å². The van der Waals surface area contributed by atoms with Crippen molar-refractivity contribution in [2.75, 3.05) is 33.0 Å². The predicted molar refractivity (Wildman–Crippen MR) is 55.5 cm³/mol. The summed E-state index contributed by atoms with van der Waals surface area (Å²) in [5.74, 6) is 0. The first kappa shape index (κ1) is 13.5. The zero-order valence-corrected chi connectivity index (χ0v) is 9.12. The third-order valence-electron chi connectivity index (χ3n) is 1.91. The largest absolute Gasteiger partial charge is 0.378 e. The van der Waals surface area contributed by atoms with Crippen molar-refractivity contribution in [3.63, 3.8) is 0 Å². The molecule has 1 atom stereocenters. The molecule has 0 aromatic heterocycles. The van der Waals surface area contributed by atoms with Crippen LogP contribution in [0.15, 0.2) is 0 Å². The lowest BCUT2D eigenvalue weighted by Gasteiger charge is -2.10. The Bertz CT molecular complexity index is 131. The second kappa shape index (κ2) is 10.6. The topological polar surface area (TPSA) is 47.6 Å². The number of carbonyl (C=O) groups excluding carboxylic acids is 1. The third-order valence-corrected chi connectivity index (χ3v) is 1.91. The van der Waals surface area contributed by atoms with Crippen molar-refractivity contribution >= 4 is 6.29 Å². The Morgan fingerprint density at radius 2 is 2.00 bits per heavy atom. The van der Waals surface area contributed by atoms with Gasteiger partial charge in [-0.25, -0.2) is 0 Å². The first-order valence-corrected chi connectivity index (χ1v) is 5.13. The number of hydrogen-bond acceptors (Lipinski definition) is 4. The van der Waals surface area contributed by atoms with E-state index in [2.05, 4.69) is 19.2 Å². The van der Waals surface area contributed by atoms with Crippen LogP contribution in [0.5, 0.6) is 0 Å². The van der Waals surface area contributed by atoms with Crippen LogP contribution in [-0.4, -0.2) is 45.3 Å². The molecular formula is C10H21NO3. The lowest BCUT2D eigenvalue weighted by atomic mass is 10.3. The molecule has 0 heterocycles. The molecule has 0 aliphatic rings. The SMILES string of the molecule is CCC(C)NCCOCCOCC=O. The van der Waals surface area contributed by atoms with Gasteiger partial charge in [0.1, 0.15) is 12.9 Å². The fraction of sp³-hybridized carbons (Fsp3) is 0.900. The first-order valence-electron chi connectivity index (χ1n) is 5.13. The van der Waals surface area contributed by atoms with Gasteiger partial charge in [-0.2, -0.15) is 0 Å². The van der Waals surface area contributed by atoms with E-state index in [4.69, 9.17) is 9.47 Å². The van der Waals surface area contributed by atoms with Gasteiger partial charge in [0.05, 0.1) is 19.8 Å². The normalized spacial score (nSPS) is 12.7. The van der Waals surface area contributed by atoms with Crippen molar-refractivity contribution in [3.05, 3.63) is 0 Å². The maximum absolute atomic E-state index is 9.87. The van der Waals surface area contributed by atoms with Gasteiger partial charge in [-0.05, 0) is 13.3 Å². The molecule has 0 saturated heterocycles. The Morgan fingerprint density at radius 3 is 2.64 bits per heavy atom. The molecule has 0 aliphatic carbocycles. The van der Waals surface area contributed by atoms with Crippen LogP contribution >= 0.6 is 0 Å². The molecule has 0 rings (SSSR count). The fourth-order valence-electron chi connectivity index (χ4n) is 0.873. The maximum Gasteiger partial charge on any atom is 0.145 e. The van der Waals surface area contributed by atoms with E-state index in [1.807, 2.05) is 0 Å². The molecule has 1 N–H and O–H groups in total. The zero-order valence-electron chi connectivity index (χ0n) is 9.12. The van der Waals surface area contributed by atoms with Crippen molar-refractivity contribution in [3.8, 4) is 0 Å². The quantitative estimate of drug-likeness (QED) is 0.417. The van der Waals surface area contributed by atoms with Crippen molar-refractivity contribution < 1.29 is 14.3 Å². The summed E-state index contributed by atoms with van der Waals surface area (Å²) in [6.07, 6.45) is 1.87. The van der Waals surface area contributed by atoms with Crippen LogP contribution in [-0.2, 0) is 14.3 Å². The summed E-state index contributed by atoms with van der Waals surface area (Å²) in [4.78, 5) is 9.87. The molecule has 14 heavy (non-hydrogen) atoms. The van der Waals surface area contributed by atoms with Gasteiger partial charge in [-0.1, -0.05) is 6.92 Å². The number of nitrogens with one attached hydrogen (secondary N) is 1. The van der Waals surface area contributed by atoms with Crippen LogP contribution < -0.4 is 5.32 Å². The highest BCUT2D eigenvalue weighted by Gasteiger charge is 1.95. The van der Waals surface area contributed by atoms with Gasteiger partial charge < -0.3 is 19.6 Å². The van der Waals surface area contributed by atoms with Crippen molar-refractivity contribution in [2.45, 2.75) is 26.3 Å². The van der Waals surface area contributed by atoms with Gasteiger partial charge in [0.2, 0.25) is 0 Å². The smallest absolute Gasteiger partial charge is 0.145 e. The Kier molecular flexibility index (Phi) is 10.3. The fourth-order valence-corrected chi connectivity index (χ4v) is 0.873. The van der Waals surface area contributed by atoms with Crippen molar-refractivity contribution in [1.82, 2.24) is 5.32 Å². The maximum atomic E-state index is 9.87. The van der Waals surface area contributed by atoms with Crippen LogP contribution in [0.2, 0.25) is 0 Å². The summed E-state index contributed by atoms with van der Waals surface area (Å²) in [6.45, 7) is 7.04. The highest BCUT2D eigenvalue weighted by Crippen LogP contribution is 1.86. The number of ether oxygens (including phenoxy) is 2. The number of carbonyl (C=O) groups is 1. The van der Waals surface area contributed by atoms with Crippen LogP contribution in [0, 0.1) is 0 Å². The van der Waals surface area contributed by atoms with Crippen LogP contribution in [0.3, 0.4) is 0 Å². The van der Waals surface area contributed by atoms with Gasteiger partial charge in [0.15, 0.2) is 0 Å². The number of hydrogen-bond donors (Lipinski definition) is 1. The van der Waals surface area contributed by atoms with E-state index in [0.717, 1.165) is 19.3 Å². The standard InChI is InChI=1S/C10H21NO3/c1-3-10(2)11-4-6-13-8-9-14-7-5-12/h5,10-11H,3-4,6-9H2,1-2H3. The Morgan fingerprint density at radius 1 is 1.29 bits per heavy atom. The summed E-state index contributed by atoms with van der Waals surface area (Å²) in [5.41, 5.74) is 0. The molecule has 0 aromatic carbocycles. The summed E-state index contributed by atoms with van der Waals surface area (Å²) >= 11 is 0. The minimum Gasteiger partial charge on any atom is -0.378 e. The van der Waals surface area contributed by atoms with Gasteiger partial charge >= 0.3 is 0 Å². The summed E-state index contributed by atoms with van der Waals surface area (Å²) in [6, 6.07) is 0.546. The molecule has 84 valence electrons. The molecule has 0 bridgehead atoms. The highest BCUT2D eigenvalue weighted by molar-refractivity contribution is 5.50. The minimum atomic E-state index is 0.161. The Labute approximate surface area is 86.0 Å². The predicted octanol–water partition coefficient (Wildman–Crippen LogP) is 0.607. The highest BCUT2D eigenvalue weighted by atomic mass is 16.5. The molecule has 0 amide bonds. The molecule has 4 heteroatoms. The molecule has 0 spiro atoms. The Balaban J connectivity index is 2.95. The van der Waals surface area contributed by atoms with E-state index < -0.39 is 0 Å². The second-order valence-electron chi connectivity index (χ2n) is 3.12. The molecule has 0 aliphatic heterocycles. The second-order valence-corrected chi connectivity index (χ2v) is 3.12. The third kappa shape index (κ3) is 9.64. The monoisotopic (exact) mass is 203 g/mol. The van der Waals surface area contributed by atoms with E-state index in [1.165, 1.54) is 0 Å². The Hall–Kier alpha value is -0.450. The lowest BCUT2D eigenvalue weighted by Crippen LogP contribution is -2.29. The van der Waals surface area contributed by atoms with E-state index in [1.54, 1.807) is 0 Å².